The number of amides is 1. The number of rotatable bonds is 7. The van der Waals surface area contributed by atoms with Gasteiger partial charge in [-0.2, -0.15) is 13.2 Å². The molecule has 1 amide bonds. The number of phenols is 1. The lowest BCUT2D eigenvalue weighted by Gasteiger charge is -2.23. The molecule has 2 unspecified atom stereocenters. The van der Waals surface area contributed by atoms with Crippen LogP contribution in [0.15, 0.2) is 66.7 Å². The number of carbonyl (C=O) groups is 2. The summed E-state index contributed by atoms with van der Waals surface area (Å²) in [5, 5.41) is 19.2. The predicted octanol–water partition coefficient (Wildman–Crippen LogP) is 5.91. The van der Waals surface area contributed by atoms with E-state index in [2.05, 4.69) is 0 Å². The molecule has 1 heterocycles. The van der Waals surface area contributed by atoms with Crippen LogP contribution in [0.2, 0.25) is 0 Å². The fourth-order valence-electron chi connectivity index (χ4n) is 4.01. The minimum Gasteiger partial charge on any atom is -0.504 e. The van der Waals surface area contributed by atoms with Gasteiger partial charge in [0.2, 0.25) is 0 Å². The molecule has 2 N–H and O–H groups in total. The van der Waals surface area contributed by atoms with Crippen molar-refractivity contribution in [3.8, 4) is 17.2 Å². The largest absolute Gasteiger partial charge is 0.504 e. The van der Waals surface area contributed by atoms with E-state index in [-0.39, 0.29) is 35.8 Å². The predicted molar refractivity (Wildman–Crippen MR) is 122 cm³/mol. The number of ether oxygens (including phenoxy) is 2. The molecule has 3 aromatic rings. The van der Waals surface area contributed by atoms with E-state index in [0.29, 0.717) is 5.56 Å². The summed E-state index contributed by atoms with van der Waals surface area (Å²) in [5.74, 6) is -1.59. The highest BCUT2D eigenvalue weighted by molar-refractivity contribution is 5.71. The Morgan fingerprint density at radius 1 is 1.06 bits per heavy atom. The number of hydrogen-bond donors (Lipinski definition) is 2. The zero-order chi connectivity index (χ0) is 26.0. The molecule has 0 radical (unpaired) electrons. The molecule has 3 aromatic carbocycles. The van der Waals surface area contributed by atoms with Crippen LogP contribution in [0, 0.1) is 0 Å². The number of phenolic OH excluding ortho intramolecular Hbond substituents is 1. The molecule has 0 saturated carbocycles. The van der Waals surface area contributed by atoms with Gasteiger partial charge in [-0.05, 0) is 48.4 Å². The lowest BCUT2D eigenvalue weighted by molar-refractivity contribution is -0.138. The van der Waals surface area contributed by atoms with Crippen LogP contribution in [0.3, 0.4) is 0 Å². The van der Waals surface area contributed by atoms with E-state index in [4.69, 9.17) is 14.6 Å². The van der Waals surface area contributed by atoms with Gasteiger partial charge in [0.05, 0.1) is 24.6 Å². The maximum Gasteiger partial charge on any atom is 0.416 e. The van der Waals surface area contributed by atoms with E-state index >= 15 is 0 Å². The number of carboxylic acids is 1. The van der Waals surface area contributed by atoms with Crippen LogP contribution < -0.4 is 4.74 Å². The average molecular weight is 501 g/mol. The maximum absolute atomic E-state index is 13.5. The van der Waals surface area contributed by atoms with Crippen molar-refractivity contribution in [3.05, 3.63) is 89.0 Å². The summed E-state index contributed by atoms with van der Waals surface area (Å²) < 4.78 is 51.7. The Morgan fingerprint density at radius 3 is 2.44 bits per heavy atom. The summed E-state index contributed by atoms with van der Waals surface area (Å²) in [7, 11) is 0. The molecule has 2 atom stereocenters. The number of carbonyl (C=O) groups excluding carboxylic acids is 1. The third-order valence-electron chi connectivity index (χ3n) is 5.85. The van der Waals surface area contributed by atoms with Crippen LogP contribution in [0.1, 0.15) is 35.3 Å². The SMILES string of the molecule is CC1C(c2ccccc2)OC(=O)N1Cc1cc(C(F)(F)F)ccc1Oc1cc(CC(=O)O)ccc1O. The first-order valence-corrected chi connectivity index (χ1v) is 11.0. The summed E-state index contributed by atoms with van der Waals surface area (Å²) in [4.78, 5) is 25.0. The Morgan fingerprint density at radius 2 is 1.78 bits per heavy atom. The summed E-state index contributed by atoms with van der Waals surface area (Å²) in [6.45, 7) is 1.48. The van der Waals surface area contributed by atoms with Crippen LogP contribution in [-0.4, -0.2) is 33.2 Å². The number of aliphatic carboxylic acids is 1. The molecule has 1 saturated heterocycles. The van der Waals surface area contributed by atoms with Crippen molar-refractivity contribution < 1.29 is 42.4 Å². The van der Waals surface area contributed by atoms with Crippen molar-refractivity contribution in [1.82, 2.24) is 4.90 Å². The van der Waals surface area contributed by atoms with E-state index < -0.39 is 35.9 Å². The highest BCUT2D eigenvalue weighted by atomic mass is 19.4. The lowest BCUT2D eigenvalue weighted by Crippen LogP contribution is -2.31. The molecule has 1 aliphatic rings. The zero-order valence-electron chi connectivity index (χ0n) is 19.0. The Labute approximate surface area is 204 Å². The molecular weight excluding hydrogens is 479 g/mol. The second-order valence-corrected chi connectivity index (χ2v) is 8.38. The Kier molecular flexibility index (Phi) is 6.78. The van der Waals surface area contributed by atoms with E-state index in [1.54, 1.807) is 31.2 Å². The van der Waals surface area contributed by atoms with Crippen molar-refractivity contribution in [2.45, 2.75) is 38.2 Å². The minimum atomic E-state index is -4.64. The first-order valence-electron chi connectivity index (χ1n) is 11.0. The third kappa shape index (κ3) is 5.37. The molecule has 10 heteroatoms. The number of halogens is 3. The monoisotopic (exact) mass is 501 g/mol. The molecule has 188 valence electrons. The standard InChI is InChI=1S/C26H22F3NO6/c1-15-24(17-5-3-2-4-6-17)36-25(34)30(15)14-18-13-19(26(27,28)29)8-10-21(18)35-22-11-16(12-23(32)33)7-9-20(22)31/h2-11,13,15,24,31H,12,14H2,1H3,(H,32,33). The third-order valence-corrected chi connectivity index (χ3v) is 5.85. The van der Waals surface area contributed by atoms with Crippen LogP contribution in [-0.2, 0) is 28.7 Å². The van der Waals surface area contributed by atoms with Gasteiger partial charge in [-0.1, -0.05) is 36.4 Å². The van der Waals surface area contributed by atoms with E-state index in [9.17, 15) is 27.9 Å². The van der Waals surface area contributed by atoms with Crippen LogP contribution >= 0.6 is 0 Å². The van der Waals surface area contributed by atoms with Gasteiger partial charge in [0.1, 0.15) is 11.9 Å². The van der Waals surface area contributed by atoms with Gasteiger partial charge in [-0.25, -0.2) is 4.79 Å². The topological polar surface area (TPSA) is 96.3 Å². The molecule has 0 spiro atoms. The number of hydrogen-bond acceptors (Lipinski definition) is 5. The van der Waals surface area contributed by atoms with Gasteiger partial charge in [-0.3, -0.25) is 9.69 Å². The van der Waals surface area contributed by atoms with E-state index in [1.165, 1.54) is 23.1 Å². The van der Waals surface area contributed by atoms with E-state index in [1.807, 2.05) is 6.07 Å². The fraction of sp³-hybridized carbons (Fsp3) is 0.231. The number of carboxylic acid groups (broad SMARTS) is 1. The summed E-state index contributed by atoms with van der Waals surface area (Å²) in [5.41, 5.74) is 0.173. The molecular formula is C26H22F3NO6. The van der Waals surface area contributed by atoms with Crippen LogP contribution in [0.25, 0.3) is 0 Å². The minimum absolute atomic E-state index is 0.0328. The summed E-state index contributed by atoms with van der Waals surface area (Å²) >= 11 is 0. The second-order valence-electron chi connectivity index (χ2n) is 8.38. The number of aromatic hydroxyl groups is 1. The first-order chi connectivity index (χ1) is 17.0. The number of alkyl halides is 3. The van der Waals surface area contributed by atoms with Crippen molar-refractivity contribution >= 4 is 12.1 Å². The zero-order valence-corrected chi connectivity index (χ0v) is 19.0. The molecule has 7 nitrogen and oxygen atoms in total. The molecule has 0 bridgehead atoms. The fourth-order valence-corrected chi connectivity index (χ4v) is 4.01. The molecule has 0 aliphatic carbocycles. The lowest BCUT2D eigenvalue weighted by atomic mass is 10.0. The van der Waals surface area contributed by atoms with Gasteiger partial charge >= 0.3 is 18.2 Å². The Bertz CT molecular complexity index is 1280. The van der Waals surface area contributed by atoms with Crippen molar-refractivity contribution in [3.63, 3.8) is 0 Å². The van der Waals surface area contributed by atoms with Crippen molar-refractivity contribution in [2.75, 3.05) is 0 Å². The molecule has 36 heavy (non-hydrogen) atoms. The quantitative estimate of drug-likeness (QED) is 0.418. The highest BCUT2D eigenvalue weighted by Crippen LogP contribution is 2.39. The smallest absolute Gasteiger partial charge is 0.416 e. The summed E-state index contributed by atoms with van der Waals surface area (Å²) in [6.07, 6.45) is -6.27. The molecule has 4 rings (SSSR count). The van der Waals surface area contributed by atoms with Gasteiger partial charge in [0.15, 0.2) is 11.5 Å². The van der Waals surface area contributed by atoms with Crippen molar-refractivity contribution in [1.29, 1.82) is 0 Å². The molecule has 1 aliphatic heterocycles. The first kappa shape index (κ1) is 24.9. The average Bonchev–Trinajstić information content (AvgIpc) is 3.10. The molecule has 0 aromatic heterocycles. The van der Waals surface area contributed by atoms with Crippen molar-refractivity contribution in [2.24, 2.45) is 0 Å². The van der Waals surface area contributed by atoms with E-state index in [0.717, 1.165) is 23.8 Å². The number of nitrogens with zero attached hydrogens (tertiary/aromatic N) is 1. The summed E-state index contributed by atoms with van der Waals surface area (Å²) in [6, 6.07) is 15.2. The van der Waals surface area contributed by atoms with Gasteiger partial charge < -0.3 is 19.7 Å². The number of benzene rings is 3. The number of cyclic esters (lactones) is 1. The Hall–Kier alpha value is -4.21. The Balaban J connectivity index is 1.67. The normalized spacial score (nSPS) is 17.7. The maximum atomic E-state index is 13.5. The van der Waals surface area contributed by atoms with Gasteiger partial charge in [0.25, 0.3) is 0 Å². The van der Waals surface area contributed by atoms with Crippen LogP contribution in [0.4, 0.5) is 18.0 Å². The van der Waals surface area contributed by atoms with Gasteiger partial charge in [0, 0.05) is 5.56 Å². The molecule has 1 fully saturated rings. The second kappa shape index (κ2) is 9.80. The highest BCUT2D eigenvalue weighted by Gasteiger charge is 2.40. The van der Waals surface area contributed by atoms with Crippen LogP contribution in [0.5, 0.6) is 17.2 Å². The van der Waals surface area contributed by atoms with Gasteiger partial charge in [-0.15, -0.1) is 0 Å².